The average Bonchev–Trinajstić information content (AvgIpc) is 2.39. The van der Waals surface area contributed by atoms with Crippen molar-refractivity contribution in [2.75, 3.05) is 19.7 Å². The first-order chi connectivity index (χ1) is 9.50. The van der Waals surface area contributed by atoms with Crippen molar-refractivity contribution in [1.82, 2.24) is 10.6 Å². The van der Waals surface area contributed by atoms with E-state index in [1.165, 1.54) is 0 Å². The summed E-state index contributed by atoms with van der Waals surface area (Å²) in [6, 6.07) is -0.725. The van der Waals surface area contributed by atoms with E-state index in [2.05, 4.69) is 10.6 Å². The van der Waals surface area contributed by atoms with Crippen molar-refractivity contribution >= 4 is 12.0 Å². The first-order valence-electron chi connectivity index (χ1n) is 6.76. The van der Waals surface area contributed by atoms with Crippen molar-refractivity contribution in [2.24, 2.45) is 11.3 Å². The number of hydrogen-bond acceptors (Lipinski definition) is 3. The third kappa shape index (κ3) is 7.77. The van der Waals surface area contributed by atoms with E-state index in [4.69, 9.17) is 4.74 Å². The molecule has 0 aliphatic heterocycles. The summed E-state index contributed by atoms with van der Waals surface area (Å²) in [7, 11) is 0. The van der Waals surface area contributed by atoms with E-state index < -0.39 is 30.1 Å². The molecule has 2 amide bonds. The van der Waals surface area contributed by atoms with Crippen LogP contribution in [0.1, 0.15) is 34.1 Å². The first kappa shape index (κ1) is 19.5. The zero-order valence-electron chi connectivity index (χ0n) is 12.8. The van der Waals surface area contributed by atoms with Gasteiger partial charge in [-0.25, -0.2) is 4.79 Å². The van der Waals surface area contributed by atoms with Crippen LogP contribution in [0.2, 0.25) is 0 Å². The minimum atomic E-state index is -4.34. The van der Waals surface area contributed by atoms with Crippen LogP contribution in [0.25, 0.3) is 0 Å². The largest absolute Gasteiger partial charge is 0.463 e. The van der Waals surface area contributed by atoms with Crippen molar-refractivity contribution < 1.29 is 27.5 Å². The van der Waals surface area contributed by atoms with Gasteiger partial charge in [0, 0.05) is 6.54 Å². The Kier molecular flexibility index (Phi) is 7.52. The normalized spacial score (nSPS) is 13.5. The van der Waals surface area contributed by atoms with Crippen molar-refractivity contribution in [3.8, 4) is 0 Å². The van der Waals surface area contributed by atoms with Crippen LogP contribution in [0, 0.1) is 11.3 Å². The van der Waals surface area contributed by atoms with E-state index in [0.717, 1.165) is 6.92 Å². The molecule has 0 aromatic heterocycles. The van der Waals surface area contributed by atoms with Gasteiger partial charge in [-0.15, -0.1) is 0 Å². The Bertz CT molecular complexity index is 357. The maximum atomic E-state index is 12.2. The Labute approximate surface area is 122 Å². The third-order valence-corrected chi connectivity index (χ3v) is 3.18. The Hall–Kier alpha value is -1.47. The summed E-state index contributed by atoms with van der Waals surface area (Å²) in [6.07, 6.45) is -3.72. The molecule has 1 atom stereocenters. The number of esters is 1. The molecular formula is C13H23F3N2O3. The number of nitrogens with one attached hydrogen (secondary N) is 2. The standard InChI is InChI=1S/C13H23F3N2O3/c1-5-12(3,4)10(19)21-7-6-17-11(20)18-8-9(2)13(14,15)16/h9H,5-8H2,1-4H3,(H2,17,18,20). The van der Waals surface area contributed by atoms with E-state index >= 15 is 0 Å². The average molecular weight is 312 g/mol. The SMILES string of the molecule is CCC(C)(C)C(=O)OCCNC(=O)NCC(C)C(F)(F)F. The van der Waals surface area contributed by atoms with Crippen LogP contribution in [0.4, 0.5) is 18.0 Å². The van der Waals surface area contributed by atoms with Gasteiger partial charge in [-0.2, -0.15) is 13.2 Å². The highest BCUT2D eigenvalue weighted by atomic mass is 19.4. The number of hydrogen-bond donors (Lipinski definition) is 2. The van der Waals surface area contributed by atoms with Gasteiger partial charge in [0.15, 0.2) is 0 Å². The number of halogens is 3. The van der Waals surface area contributed by atoms with E-state index in [9.17, 15) is 22.8 Å². The molecule has 8 heteroatoms. The predicted molar refractivity (Wildman–Crippen MR) is 71.7 cm³/mol. The Morgan fingerprint density at radius 3 is 2.24 bits per heavy atom. The molecule has 0 rings (SSSR count). The number of alkyl halides is 3. The van der Waals surface area contributed by atoms with Gasteiger partial charge in [0.05, 0.1) is 17.9 Å². The molecule has 0 aromatic carbocycles. The molecule has 0 spiro atoms. The molecule has 124 valence electrons. The molecule has 0 heterocycles. The summed E-state index contributed by atoms with van der Waals surface area (Å²) in [6.45, 7) is 5.84. The molecule has 21 heavy (non-hydrogen) atoms. The van der Waals surface area contributed by atoms with Crippen molar-refractivity contribution in [3.63, 3.8) is 0 Å². The number of rotatable bonds is 7. The second-order valence-electron chi connectivity index (χ2n) is 5.45. The minimum absolute atomic E-state index is 0.0233. The summed E-state index contributed by atoms with van der Waals surface area (Å²) in [5.74, 6) is -2.00. The van der Waals surface area contributed by atoms with Crippen LogP contribution in [0.15, 0.2) is 0 Å². The highest BCUT2D eigenvalue weighted by Crippen LogP contribution is 2.24. The topological polar surface area (TPSA) is 67.4 Å². The van der Waals surface area contributed by atoms with Gasteiger partial charge in [-0.1, -0.05) is 13.8 Å². The molecule has 2 N–H and O–H groups in total. The lowest BCUT2D eigenvalue weighted by Gasteiger charge is -2.20. The molecule has 0 aliphatic rings. The smallest absolute Gasteiger partial charge is 0.393 e. The fraction of sp³-hybridized carbons (Fsp3) is 0.846. The molecule has 0 aromatic rings. The van der Waals surface area contributed by atoms with Gasteiger partial charge in [-0.3, -0.25) is 4.79 Å². The molecule has 5 nitrogen and oxygen atoms in total. The summed E-state index contributed by atoms with van der Waals surface area (Å²) in [4.78, 5) is 22.8. The molecule has 0 saturated heterocycles. The Morgan fingerprint density at radius 1 is 1.19 bits per heavy atom. The number of amides is 2. The molecule has 0 radical (unpaired) electrons. The monoisotopic (exact) mass is 312 g/mol. The molecular weight excluding hydrogens is 289 g/mol. The lowest BCUT2D eigenvalue weighted by Crippen LogP contribution is -2.42. The lowest BCUT2D eigenvalue weighted by molar-refractivity contribution is -0.167. The second kappa shape index (κ2) is 8.09. The van der Waals surface area contributed by atoms with Crippen LogP contribution in [0.5, 0.6) is 0 Å². The predicted octanol–water partition coefficient (Wildman–Crippen LogP) is 2.46. The quantitative estimate of drug-likeness (QED) is 0.560. The van der Waals surface area contributed by atoms with Gasteiger partial charge >= 0.3 is 18.2 Å². The first-order valence-corrected chi connectivity index (χ1v) is 6.76. The fourth-order valence-electron chi connectivity index (χ4n) is 1.07. The molecule has 1 unspecified atom stereocenters. The zero-order valence-corrected chi connectivity index (χ0v) is 12.8. The number of carbonyl (C=O) groups excluding carboxylic acids is 2. The van der Waals surface area contributed by atoms with Gasteiger partial charge in [-0.05, 0) is 20.3 Å². The molecule has 0 aliphatic carbocycles. The van der Waals surface area contributed by atoms with E-state index in [0.29, 0.717) is 6.42 Å². The van der Waals surface area contributed by atoms with Crippen LogP contribution in [-0.2, 0) is 9.53 Å². The highest BCUT2D eigenvalue weighted by molar-refractivity contribution is 5.76. The van der Waals surface area contributed by atoms with Crippen LogP contribution >= 0.6 is 0 Å². The van der Waals surface area contributed by atoms with E-state index in [1.807, 2.05) is 6.92 Å². The molecule has 0 fully saturated rings. The number of urea groups is 1. The van der Waals surface area contributed by atoms with E-state index in [-0.39, 0.29) is 19.1 Å². The van der Waals surface area contributed by atoms with Crippen LogP contribution < -0.4 is 10.6 Å². The van der Waals surface area contributed by atoms with Gasteiger partial charge < -0.3 is 15.4 Å². The minimum Gasteiger partial charge on any atom is -0.463 e. The maximum absolute atomic E-state index is 12.2. The van der Waals surface area contributed by atoms with Gasteiger partial charge in [0.1, 0.15) is 6.61 Å². The van der Waals surface area contributed by atoms with E-state index in [1.54, 1.807) is 13.8 Å². The van der Waals surface area contributed by atoms with Crippen molar-refractivity contribution in [2.45, 2.75) is 40.3 Å². The lowest BCUT2D eigenvalue weighted by atomic mass is 9.91. The second-order valence-corrected chi connectivity index (χ2v) is 5.45. The highest BCUT2D eigenvalue weighted by Gasteiger charge is 2.35. The van der Waals surface area contributed by atoms with Crippen molar-refractivity contribution in [1.29, 1.82) is 0 Å². The molecule has 0 bridgehead atoms. The van der Waals surface area contributed by atoms with Gasteiger partial charge in [0.2, 0.25) is 0 Å². The number of ether oxygens (including phenoxy) is 1. The van der Waals surface area contributed by atoms with Gasteiger partial charge in [0.25, 0.3) is 0 Å². The third-order valence-electron chi connectivity index (χ3n) is 3.18. The van der Waals surface area contributed by atoms with Crippen molar-refractivity contribution in [3.05, 3.63) is 0 Å². The summed E-state index contributed by atoms with van der Waals surface area (Å²) < 4.78 is 41.6. The van der Waals surface area contributed by atoms with Crippen LogP contribution in [0.3, 0.4) is 0 Å². The summed E-state index contributed by atoms with van der Waals surface area (Å²) in [5.41, 5.74) is -0.593. The maximum Gasteiger partial charge on any atom is 0.393 e. The van der Waals surface area contributed by atoms with Crippen LogP contribution in [-0.4, -0.2) is 37.9 Å². The summed E-state index contributed by atoms with van der Waals surface area (Å²) >= 11 is 0. The number of carbonyl (C=O) groups is 2. The zero-order chi connectivity index (χ0) is 16.7. The molecule has 0 saturated carbocycles. The Balaban J connectivity index is 3.84. The fourth-order valence-corrected chi connectivity index (χ4v) is 1.07. The Morgan fingerprint density at radius 2 is 1.76 bits per heavy atom. The summed E-state index contributed by atoms with van der Waals surface area (Å²) in [5, 5.41) is 4.43.